The van der Waals surface area contributed by atoms with E-state index >= 15 is 0 Å². The van der Waals surface area contributed by atoms with Crippen LogP contribution in [0.2, 0.25) is 0 Å². The summed E-state index contributed by atoms with van der Waals surface area (Å²) in [5, 5.41) is 0. The van der Waals surface area contributed by atoms with E-state index in [9.17, 15) is 30.8 Å². The van der Waals surface area contributed by atoms with Gasteiger partial charge in [-0.05, 0) is 25.1 Å². The molecule has 0 spiro atoms. The third kappa shape index (κ3) is 3.13. The second kappa shape index (κ2) is 6.93. The predicted octanol–water partition coefficient (Wildman–Crippen LogP) is 3.87. The lowest BCUT2D eigenvalue weighted by Crippen LogP contribution is -2.42. The van der Waals surface area contributed by atoms with Gasteiger partial charge in [0.05, 0.1) is 17.9 Å². The first-order valence-electron chi connectivity index (χ1n) is 7.98. The zero-order chi connectivity index (χ0) is 20.7. The van der Waals surface area contributed by atoms with Gasteiger partial charge in [0, 0.05) is 5.56 Å². The minimum atomic E-state index is -5.25. The van der Waals surface area contributed by atoms with Crippen LogP contribution in [0.5, 0.6) is 0 Å². The highest BCUT2D eigenvalue weighted by atomic mass is 32.2. The van der Waals surface area contributed by atoms with Crippen molar-refractivity contribution in [1.82, 2.24) is 0 Å². The molecule has 0 aliphatic carbocycles. The number of sulfonamides is 1. The molecule has 0 aromatic heterocycles. The zero-order valence-corrected chi connectivity index (χ0v) is 15.1. The lowest BCUT2D eigenvalue weighted by atomic mass is 10.0. The number of ether oxygens (including phenoxy) is 1. The molecule has 0 bridgehead atoms. The number of hydrogen-bond donors (Lipinski definition) is 0. The molecule has 28 heavy (non-hydrogen) atoms. The molecule has 1 aliphatic rings. The number of rotatable bonds is 3. The Hall–Kier alpha value is -2.88. The summed E-state index contributed by atoms with van der Waals surface area (Å²) in [7, 11) is -5.01. The van der Waals surface area contributed by atoms with Crippen molar-refractivity contribution in [1.29, 1.82) is 0 Å². The number of para-hydroxylation sites is 1. The molecule has 5 nitrogen and oxygen atoms in total. The van der Waals surface area contributed by atoms with Crippen molar-refractivity contribution >= 4 is 27.3 Å². The minimum absolute atomic E-state index is 0.0648. The van der Waals surface area contributed by atoms with E-state index in [1.807, 2.05) is 0 Å². The van der Waals surface area contributed by atoms with E-state index in [0.717, 1.165) is 30.3 Å². The topological polar surface area (TPSA) is 63.7 Å². The Balaban J connectivity index is 2.50. The molecule has 2 aromatic rings. The molecule has 0 N–H and O–H groups in total. The van der Waals surface area contributed by atoms with Gasteiger partial charge in [-0.25, -0.2) is 21.9 Å². The molecule has 0 atom stereocenters. The van der Waals surface area contributed by atoms with Crippen LogP contribution in [0.4, 0.5) is 23.2 Å². The van der Waals surface area contributed by atoms with Gasteiger partial charge in [0.2, 0.25) is 0 Å². The third-order valence-corrected chi connectivity index (χ3v) is 5.72. The Bertz CT molecular complexity index is 1060. The maximum Gasteiger partial charge on any atom is 0.433 e. The summed E-state index contributed by atoms with van der Waals surface area (Å²) in [6.07, 6.45) is -5.25. The summed E-state index contributed by atoms with van der Waals surface area (Å²) in [5.74, 6) is -2.68. The molecule has 0 fully saturated rings. The molecule has 1 aliphatic heterocycles. The van der Waals surface area contributed by atoms with Gasteiger partial charge in [0.1, 0.15) is 10.7 Å². The molecule has 148 valence electrons. The maximum atomic E-state index is 14.4. The third-order valence-electron chi connectivity index (χ3n) is 3.91. The Morgan fingerprint density at radius 3 is 2.29 bits per heavy atom. The molecule has 0 saturated carbocycles. The highest BCUT2D eigenvalue weighted by Crippen LogP contribution is 2.46. The van der Waals surface area contributed by atoms with Crippen LogP contribution in [0.25, 0.3) is 5.57 Å². The summed E-state index contributed by atoms with van der Waals surface area (Å²) >= 11 is 0. The van der Waals surface area contributed by atoms with Crippen LogP contribution in [0, 0.1) is 5.82 Å². The smallest absolute Gasteiger partial charge is 0.433 e. The van der Waals surface area contributed by atoms with Crippen molar-refractivity contribution in [3.05, 3.63) is 65.6 Å². The van der Waals surface area contributed by atoms with Crippen LogP contribution >= 0.6 is 0 Å². The highest BCUT2D eigenvalue weighted by molar-refractivity contribution is 7.93. The van der Waals surface area contributed by atoms with Crippen LogP contribution in [0.3, 0.4) is 0 Å². The standard InChI is InChI=1S/C18H13F4NO4S/c1-2-27-17(24)14-12-9-6-10-13(19)15(12)28(25,26)23(16(14)18(20,21)22)11-7-4-3-5-8-11/h3-10H,2H2,1H3. The lowest BCUT2D eigenvalue weighted by molar-refractivity contribution is -0.137. The number of nitrogens with zero attached hydrogens (tertiary/aromatic N) is 1. The normalized spacial score (nSPS) is 16.0. The van der Waals surface area contributed by atoms with E-state index in [2.05, 4.69) is 0 Å². The fourth-order valence-corrected chi connectivity index (χ4v) is 4.69. The van der Waals surface area contributed by atoms with Crippen molar-refractivity contribution in [3.63, 3.8) is 0 Å². The second-order valence-corrected chi connectivity index (χ2v) is 7.39. The van der Waals surface area contributed by atoms with Crippen LogP contribution in [-0.4, -0.2) is 27.2 Å². The van der Waals surface area contributed by atoms with Crippen LogP contribution in [-0.2, 0) is 19.6 Å². The van der Waals surface area contributed by atoms with Crippen LogP contribution in [0.1, 0.15) is 12.5 Å². The number of anilines is 1. The largest absolute Gasteiger partial charge is 0.462 e. The zero-order valence-electron chi connectivity index (χ0n) is 14.3. The van der Waals surface area contributed by atoms with Gasteiger partial charge in [-0.15, -0.1) is 0 Å². The van der Waals surface area contributed by atoms with Gasteiger partial charge in [-0.1, -0.05) is 30.3 Å². The molecular formula is C18H13F4NO4S. The quantitative estimate of drug-likeness (QED) is 0.564. The Morgan fingerprint density at radius 1 is 1.07 bits per heavy atom. The van der Waals surface area contributed by atoms with E-state index in [4.69, 9.17) is 4.74 Å². The molecular weight excluding hydrogens is 402 g/mol. The van der Waals surface area contributed by atoms with E-state index in [-0.39, 0.29) is 10.9 Å². The van der Waals surface area contributed by atoms with Crippen molar-refractivity contribution in [2.45, 2.75) is 18.0 Å². The number of halogens is 4. The van der Waals surface area contributed by atoms with Crippen LogP contribution < -0.4 is 4.31 Å². The van der Waals surface area contributed by atoms with Gasteiger partial charge < -0.3 is 4.74 Å². The molecule has 10 heteroatoms. The van der Waals surface area contributed by atoms with Crippen molar-refractivity contribution in [3.8, 4) is 0 Å². The van der Waals surface area contributed by atoms with E-state index in [1.165, 1.54) is 25.1 Å². The van der Waals surface area contributed by atoms with Gasteiger partial charge in [0.15, 0.2) is 5.70 Å². The number of allylic oxidation sites excluding steroid dienone is 1. The molecule has 0 saturated heterocycles. The number of esters is 1. The minimum Gasteiger partial charge on any atom is -0.462 e. The van der Waals surface area contributed by atoms with E-state index in [0.29, 0.717) is 0 Å². The first kappa shape index (κ1) is 19.9. The summed E-state index contributed by atoms with van der Waals surface area (Å²) in [6.45, 7) is 1.13. The van der Waals surface area contributed by atoms with Gasteiger partial charge >= 0.3 is 12.1 Å². The average molecular weight is 415 g/mol. The molecule has 0 unspecified atom stereocenters. The van der Waals surface area contributed by atoms with Crippen LogP contribution in [0.15, 0.2) is 59.1 Å². The molecule has 1 heterocycles. The Kier molecular flexibility index (Phi) is 4.92. The maximum absolute atomic E-state index is 14.4. The number of alkyl halides is 3. The van der Waals surface area contributed by atoms with Gasteiger partial charge in [-0.2, -0.15) is 13.2 Å². The first-order chi connectivity index (χ1) is 13.1. The van der Waals surface area contributed by atoms with E-state index < -0.39 is 55.4 Å². The SMILES string of the molecule is CCOC(=O)C1=C(C(F)(F)F)N(c2ccccc2)S(=O)(=O)c2c(F)cccc21. The highest BCUT2D eigenvalue weighted by Gasteiger charge is 2.52. The molecule has 2 aromatic carbocycles. The number of benzene rings is 2. The molecule has 0 radical (unpaired) electrons. The van der Waals surface area contributed by atoms with Crippen molar-refractivity contribution < 1.29 is 35.5 Å². The first-order valence-corrected chi connectivity index (χ1v) is 9.42. The molecule has 3 rings (SSSR count). The van der Waals surface area contributed by atoms with Gasteiger partial charge in [-0.3, -0.25) is 0 Å². The predicted molar refractivity (Wildman–Crippen MR) is 92.1 cm³/mol. The number of fused-ring (bicyclic) bond motifs is 1. The fraction of sp³-hybridized carbons (Fsp3) is 0.167. The Labute approximate surface area is 157 Å². The lowest BCUT2D eigenvalue weighted by Gasteiger charge is -2.34. The number of hydrogen-bond acceptors (Lipinski definition) is 4. The van der Waals surface area contributed by atoms with Crippen molar-refractivity contribution in [2.24, 2.45) is 0 Å². The average Bonchev–Trinajstić information content (AvgIpc) is 2.61. The summed E-state index contributed by atoms with van der Waals surface area (Å²) in [4.78, 5) is 11.4. The summed E-state index contributed by atoms with van der Waals surface area (Å²) in [6, 6.07) is 9.08. The summed E-state index contributed by atoms with van der Waals surface area (Å²) < 4.78 is 87.1. The monoisotopic (exact) mass is 415 g/mol. The van der Waals surface area contributed by atoms with Gasteiger partial charge in [0.25, 0.3) is 10.0 Å². The van der Waals surface area contributed by atoms with Crippen molar-refractivity contribution in [2.75, 3.05) is 10.9 Å². The number of carbonyl (C=O) groups excluding carboxylic acids is 1. The molecule has 0 amide bonds. The fourth-order valence-electron chi connectivity index (χ4n) is 2.91. The number of carbonyl (C=O) groups is 1. The Morgan fingerprint density at radius 2 is 1.71 bits per heavy atom. The van der Waals surface area contributed by atoms with E-state index in [1.54, 1.807) is 0 Å². The second-order valence-electron chi connectivity index (χ2n) is 5.66. The summed E-state index contributed by atoms with van der Waals surface area (Å²) in [5.41, 5.74) is -3.92.